The van der Waals surface area contributed by atoms with E-state index in [-0.39, 0.29) is 29.1 Å². The number of alkyl halides is 3. The summed E-state index contributed by atoms with van der Waals surface area (Å²) in [7, 11) is 1.26. The summed E-state index contributed by atoms with van der Waals surface area (Å²) in [4.78, 5) is 23.5. The number of anilines is 2. The van der Waals surface area contributed by atoms with Gasteiger partial charge in [-0.25, -0.2) is 9.78 Å². The third-order valence-corrected chi connectivity index (χ3v) is 6.32. The highest BCUT2D eigenvalue weighted by molar-refractivity contribution is 5.91. The van der Waals surface area contributed by atoms with E-state index < -0.39 is 24.4 Å². The molecule has 37 heavy (non-hydrogen) atoms. The highest BCUT2D eigenvalue weighted by atomic mass is 19.4. The smallest absolute Gasteiger partial charge is 0.416 e. The molecule has 10 nitrogen and oxygen atoms in total. The van der Waals surface area contributed by atoms with E-state index in [2.05, 4.69) is 20.6 Å². The molecule has 0 atom stereocenters. The quantitative estimate of drug-likeness (QED) is 0.504. The lowest BCUT2D eigenvalue weighted by Crippen LogP contribution is -2.42. The van der Waals surface area contributed by atoms with E-state index in [1.54, 1.807) is 12.3 Å². The second-order valence-electron chi connectivity index (χ2n) is 8.86. The van der Waals surface area contributed by atoms with Crippen LogP contribution >= 0.6 is 0 Å². The Balaban J connectivity index is 1.31. The maximum absolute atomic E-state index is 13.3. The van der Waals surface area contributed by atoms with Crippen LogP contribution in [0.3, 0.4) is 0 Å². The standard InChI is InChI=1S/C24H30F3N5O5/c1-35-21-15(14-33)12-16(24(25,26)27)13-19(21)30-23(34)29-17-2-4-18(5-3-17)37-20-6-7-28-22(31-20)32-8-10-36-11-9-32/h6-7,12-13,17-18,33H,2-5,8-11,14H2,1H3,(H2,29,30,34). The Labute approximate surface area is 212 Å². The molecule has 1 aromatic carbocycles. The molecule has 2 aliphatic rings. The molecule has 1 saturated carbocycles. The molecule has 0 unspecified atom stereocenters. The van der Waals surface area contributed by atoms with Gasteiger partial charge in [0.25, 0.3) is 0 Å². The monoisotopic (exact) mass is 525 g/mol. The maximum atomic E-state index is 13.3. The molecule has 2 aromatic rings. The first-order valence-electron chi connectivity index (χ1n) is 12.1. The molecule has 202 valence electrons. The van der Waals surface area contributed by atoms with E-state index >= 15 is 0 Å². The van der Waals surface area contributed by atoms with E-state index in [4.69, 9.17) is 14.2 Å². The minimum absolute atomic E-state index is 0.0240. The van der Waals surface area contributed by atoms with Gasteiger partial charge in [-0.15, -0.1) is 0 Å². The van der Waals surface area contributed by atoms with Crippen molar-refractivity contribution in [3.8, 4) is 11.6 Å². The summed E-state index contributed by atoms with van der Waals surface area (Å²) >= 11 is 0. The molecule has 1 aliphatic heterocycles. The number of nitrogens with zero attached hydrogens (tertiary/aromatic N) is 3. The number of rotatable bonds is 7. The highest BCUT2D eigenvalue weighted by Gasteiger charge is 2.33. The van der Waals surface area contributed by atoms with E-state index in [0.717, 1.165) is 25.2 Å². The molecule has 4 rings (SSSR count). The number of benzene rings is 1. The van der Waals surface area contributed by atoms with Crippen LogP contribution < -0.4 is 25.0 Å². The number of morpholine rings is 1. The molecule has 2 amide bonds. The fraction of sp³-hybridized carbons (Fsp3) is 0.542. The number of amides is 2. The van der Waals surface area contributed by atoms with Crippen molar-refractivity contribution in [1.82, 2.24) is 15.3 Å². The Morgan fingerprint density at radius 1 is 1.22 bits per heavy atom. The van der Waals surface area contributed by atoms with Crippen molar-refractivity contribution in [2.45, 2.75) is 50.6 Å². The Hall–Kier alpha value is -3.32. The van der Waals surface area contributed by atoms with Crippen LogP contribution in [-0.2, 0) is 17.5 Å². The molecule has 1 aliphatic carbocycles. The van der Waals surface area contributed by atoms with Gasteiger partial charge in [-0.1, -0.05) is 0 Å². The molecule has 1 aromatic heterocycles. The summed E-state index contributed by atoms with van der Waals surface area (Å²) in [5.41, 5.74) is -1.24. The van der Waals surface area contributed by atoms with Gasteiger partial charge in [-0.2, -0.15) is 18.2 Å². The summed E-state index contributed by atoms with van der Waals surface area (Å²) in [5.74, 6) is 1.06. The number of methoxy groups -OCH3 is 1. The number of aliphatic hydroxyl groups excluding tert-OH is 1. The van der Waals surface area contributed by atoms with Gasteiger partial charge in [0.05, 0.1) is 38.2 Å². The molecule has 2 fully saturated rings. The first kappa shape index (κ1) is 26.7. The van der Waals surface area contributed by atoms with E-state index in [0.29, 0.717) is 50.7 Å². The molecule has 0 bridgehead atoms. The summed E-state index contributed by atoms with van der Waals surface area (Å²) in [6.07, 6.45) is -0.470. The minimum atomic E-state index is -4.64. The third kappa shape index (κ3) is 6.92. The van der Waals surface area contributed by atoms with E-state index in [1.807, 2.05) is 4.90 Å². The number of nitrogens with one attached hydrogen (secondary N) is 2. The van der Waals surface area contributed by atoms with Crippen LogP contribution in [0.5, 0.6) is 11.6 Å². The zero-order valence-corrected chi connectivity index (χ0v) is 20.4. The molecule has 13 heteroatoms. The average Bonchev–Trinajstić information content (AvgIpc) is 2.89. The molecular weight excluding hydrogens is 495 g/mol. The highest BCUT2D eigenvalue weighted by Crippen LogP contribution is 2.38. The van der Waals surface area contributed by atoms with Crippen molar-refractivity contribution in [2.75, 3.05) is 43.6 Å². The second-order valence-corrected chi connectivity index (χ2v) is 8.86. The van der Waals surface area contributed by atoms with Crippen LogP contribution in [0.15, 0.2) is 24.4 Å². The van der Waals surface area contributed by atoms with Crippen LogP contribution in [0.4, 0.5) is 29.6 Å². The summed E-state index contributed by atoms with van der Waals surface area (Å²) < 4.78 is 56.3. The Bertz CT molecular complexity index is 1070. The first-order valence-corrected chi connectivity index (χ1v) is 12.1. The van der Waals surface area contributed by atoms with Crippen LogP contribution in [-0.4, -0.2) is 66.7 Å². The van der Waals surface area contributed by atoms with Gasteiger partial charge >= 0.3 is 12.2 Å². The topological polar surface area (TPSA) is 118 Å². The van der Waals surface area contributed by atoms with Crippen molar-refractivity contribution >= 4 is 17.7 Å². The first-order chi connectivity index (χ1) is 17.8. The Morgan fingerprint density at radius 2 is 1.95 bits per heavy atom. The summed E-state index contributed by atoms with van der Waals surface area (Å²) in [6.45, 7) is 2.02. The van der Waals surface area contributed by atoms with Crippen molar-refractivity contribution < 1.29 is 37.3 Å². The van der Waals surface area contributed by atoms with Gasteiger partial charge in [0.1, 0.15) is 11.9 Å². The molecule has 0 spiro atoms. The largest absolute Gasteiger partial charge is 0.494 e. The predicted molar refractivity (Wildman–Crippen MR) is 128 cm³/mol. The van der Waals surface area contributed by atoms with Crippen molar-refractivity contribution in [1.29, 1.82) is 0 Å². The number of carbonyl (C=O) groups excluding carboxylic acids is 1. The fourth-order valence-corrected chi connectivity index (χ4v) is 4.46. The average molecular weight is 526 g/mol. The van der Waals surface area contributed by atoms with Crippen molar-refractivity contribution in [3.63, 3.8) is 0 Å². The number of hydrogen-bond donors (Lipinski definition) is 3. The molecule has 3 N–H and O–H groups in total. The normalized spacial score (nSPS) is 20.3. The molecule has 1 saturated heterocycles. The van der Waals surface area contributed by atoms with Gasteiger partial charge in [0.15, 0.2) is 0 Å². The van der Waals surface area contributed by atoms with E-state index in [9.17, 15) is 23.1 Å². The zero-order chi connectivity index (χ0) is 26.4. The Morgan fingerprint density at radius 3 is 2.59 bits per heavy atom. The van der Waals surface area contributed by atoms with Crippen LogP contribution in [0.25, 0.3) is 0 Å². The molecule has 2 heterocycles. The SMILES string of the molecule is COc1c(CO)cc(C(F)(F)F)cc1NC(=O)NC1CCC(Oc2ccnc(N3CCOCC3)n2)CC1. The van der Waals surface area contributed by atoms with Crippen LogP contribution in [0, 0.1) is 0 Å². The number of aromatic nitrogens is 2. The Kier molecular flexibility index (Phi) is 8.54. The molecular formula is C24H30F3N5O5. The van der Waals surface area contributed by atoms with Gasteiger partial charge in [-0.3, -0.25) is 0 Å². The van der Waals surface area contributed by atoms with E-state index in [1.165, 1.54) is 7.11 Å². The van der Waals surface area contributed by atoms with Crippen molar-refractivity contribution in [3.05, 3.63) is 35.5 Å². The third-order valence-electron chi connectivity index (χ3n) is 6.32. The number of urea groups is 1. The van der Waals surface area contributed by atoms with Gasteiger partial charge in [0, 0.05) is 37.0 Å². The lowest BCUT2D eigenvalue weighted by Gasteiger charge is -2.30. The lowest BCUT2D eigenvalue weighted by molar-refractivity contribution is -0.137. The number of carbonyl (C=O) groups is 1. The second kappa shape index (κ2) is 11.8. The van der Waals surface area contributed by atoms with Crippen LogP contribution in [0.2, 0.25) is 0 Å². The van der Waals surface area contributed by atoms with Gasteiger partial charge in [-0.05, 0) is 37.8 Å². The van der Waals surface area contributed by atoms with Gasteiger partial charge < -0.3 is 34.9 Å². The van der Waals surface area contributed by atoms with Crippen molar-refractivity contribution in [2.24, 2.45) is 0 Å². The number of ether oxygens (including phenoxy) is 3. The predicted octanol–water partition coefficient (Wildman–Crippen LogP) is 3.34. The fourth-order valence-electron chi connectivity index (χ4n) is 4.46. The lowest BCUT2D eigenvalue weighted by atomic mass is 9.93. The summed E-state index contributed by atoms with van der Waals surface area (Å²) in [5, 5.41) is 14.7. The summed E-state index contributed by atoms with van der Waals surface area (Å²) in [6, 6.07) is 2.46. The minimum Gasteiger partial charge on any atom is -0.494 e. The number of aliphatic hydroxyl groups is 1. The van der Waals surface area contributed by atoms with Gasteiger partial charge in [0.2, 0.25) is 11.8 Å². The molecule has 0 radical (unpaired) electrons. The van der Waals surface area contributed by atoms with Crippen LogP contribution in [0.1, 0.15) is 36.8 Å². The zero-order valence-electron chi connectivity index (χ0n) is 20.4. The number of hydrogen-bond acceptors (Lipinski definition) is 8. The number of halogens is 3. The maximum Gasteiger partial charge on any atom is 0.416 e.